The van der Waals surface area contributed by atoms with Crippen molar-refractivity contribution in [3.8, 4) is 5.75 Å². The van der Waals surface area contributed by atoms with Gasteiger partial charge in [-0.2, -0.15) is 0 Å². The number of para-hydroxylation sites is 2. The summed E-state index contributed by atoms with van der Waals surface area (Å²) in [6, 6.07) is 15.1. The standard InChI is InChI=1S/C15H12N2O3/c1-2-15(18)20-14-11-7-6-10-13(14)16-17(19)12-8-4-3-5-9-12/h2-11H,1H2. The second-order valence-corrected chi connectivity index (χ2v) is 3.80. The summed E-state index contributed by atoms with van der Waals surface area (Å²) in [4.78, 5) is 11.7. The number of rotatable bonds is 4. The number of hydrogen-bond donors (Lipinski definition) is 0. The number of benzene rings is 2. The van der Waals surface area contributed by atoms with Crippen LogP contribution in [0.4, 0.5) is 11.4 Å². The fraction of sp³-hybridized carbons (Fsp3) is 0. The van der Waals surface area contributed by atoms with Gasteiger partial charge in [0.1, 0.15) is 0 Å². The van der Waals surface area contributed by atoms with Gasteiger partial charge in [0.2, 0.25) is 5.69 Å². The van der Waals surface area contributed by atoms with Crippen molar-refractivity contribution in [2.75, 3.05) is 0 Å². The van der Waals surface area contributed by atoms with E-state index in [9.17, 15) is 10.0 Å². The molecule has 0 saturated carbocycles. The number of hydrogen-bond acceptors (Lipinski definition) is 4. The van der Waals surface area contributed by atoms with E-state index in [1.807, 2.05) is 0 Å². The third-order valence-corrected chi connectivity index (χ3v) is 2.42. The van der Waals surface area contributed by atoms with Gasteiger partial charge in [-0.25, -0.2) is 4.79 Å². The zero-order valence-corrected chi connectivity index (χ0v) is 10.6. The Labute approximate surface area is 116 Å². The monoisotopic (exact) mass is 268 g/mol. The lowest BCUT2D eigenvalue weighted by Gasteiger charge is -2.04. The number of azo groups is 1. The van der Waals surface area contributed by atoms with Crippen LogP contribution in [0.15, 0.2) is 72.4 Å². The molecule has 0 amide bonds. The Bertz CT molecular complexity index is 651. The first-order chi connectivity index (χ1) is 9.70. The third kappa shape index (κ3) is 3.29. The summed E-state index contributed by atoms with van der Waals surface area (Å²) >= 11 is 0. The number of nitrogens with zero attached hydrogens (tertiary/aromatic N) is 2. The molecule has 0 bridgehead atoms. The Hall–Kier alpha value is -2.95. The average Bonchev–Trinajstić information content (AvgIpc) is 2.50. The summed E-state index contributed by atoms with van der Waals surface area (Å²) in [7, 11) is 0. The fourth-order valence-electron chi connectivity index (χ4n) is 1.49. The summed E-state index contributed by atoms with van der Waals surface area (Å²) < 4.78 is 5.02. The van der Waals surface area contributed by atoms with E-state index in [4.69, 9.17) is 4.74 Å². The van der Waals surface area contributed by atoms with Gasteiger partial charge in [-0.15, -0.1) is 0 Å². The molecule has 2 rings (SSSR count). The quantitative estimate of drug-likeness (QED) is 0.212. The van der Waals surface area contributed by atoms with Gasteiger partial charge < -0.3 is 9.94 Å². The summed E-state index contributed by atoms with van der Waals surface area (Å²) in [6.07, 6.45) is 1.04. The molecule has 0 atom stereocenters. The highest BCUT2D eigenvalue weighted by Gasteiger charge is 2.10. The van der Waals surface area contributed by atoms with Crippen LogP contribution >= 0.6 is 0 Å². The van der Waals surface area contributed by atoms with Crippen molar-refractivity contribution in [2.45, 2.75) is 0 Å². The molecule has 5 nitrogen and oxygen atoms in total. The molecule has 0 aromatic heterocycles. The third-order valence-electron chi connectivity index (χ3n) is 2.42. The second-order valence-electron chi connectivity index (χ2n) is 3.80. The van der Waals surface area contributed by atoms with Crippen molar-refractivity contribution in [1.29, 1.82) is 0 Å². The first-order valence-corrected chi connectivity index (χ1v) is 5.88. The average molecular weight is 268 g/mol. The molecule has 0 radical (unpaired) electrons. The Morgan fingerprint density at radius 1 is 1.15 bits per heavy atom. The molecule has 0 aliphatic heterocycles. The molecule has 5 heteroatoms. The predicted molar refractivity (Wildman–Crippen MR) is 74.1 cm³/mol. The van der Waals surface area contributed by atoms with Crippen LogP contribution in [-0.4, -0.2) is 10.8 Å². The number of esters is 1. The van der Waals surface area contributed by atoms with E-state index in [-0.39, 0.29) is 11.4 Å². The Morgan fingerprint density at radius 2 is 1.80 bits per heavy atom. The molecule has 0 heterocycles. The minimum absolute atomic E-state index is 0.203. The van der Waals surface area contributed by atoms with Crippen LogP contribution < -0.4 is 4.74 Å². The molecule has 2 aromatic rings. The molecule has 0 N–H and O–H groups in total. The smallest absolute Gasteiger partial charge is 0.335 e. The van der Waals surface area contributed by atoms with Gasteiger partial charge in [0.25, 0.3) is 0 Å². The molecular formula is C15H12N2O3. The topological polar surface area (TPSA) is 64.7 Å². The van der Waals surface area contributed by atoms with E-state index >= 15 is 0 Å². The van der Waals surface area contributed by atoms with Crippen molar-refractivity contribution in [3.63, 3.8) is 0 Å². The predicted octanol–water partition coefficient (Wildman–Crippen LogP) is 3.70. The van der Waals surface area contributed by atoms with Gasteiger partial charge in [-0.05, 0) is 17.0 Å². The molecular weight excluding hydrogens is 256 g/mol. The highest BCUT2D eigenvalue weighted by molar-refractivity contribution is 5.84. The second kappa shape index (κ2) is 6.29. The van der Waals surface area contributed by atoms with Gasteiger partial charge >= 0.3 is 5.97 Å². The lowest BCUT2D eigenvalue weighted by molar-refractivity contribution is -0.435. The van der Waals surface area contributed by atoms with Gasteiger partial charge in [-0.1, -0.05) is 36.9 Å². The van der Waals surface area contributed by atoms with Crippen LogP contribution in [0.5, 0.6) is 5.75 Å². The van der Waals surface area contributed by atoms with Crippen LogP contribution in [-0.2, 0) is 4.79 Å². The molecule has 0 spiro atoms. The molecule has 0 fully saturated rings. The lowest BCUT2D eigenvalue weighted by atomic mass is 10.3. The van der Waals surface area contributed by atoms with Crippen LogP contribution in [0.1, 0.15) is 0 Å². The maximum atomic E-state index is 11.9. The van der Waals surface area contributed by atoms with Crippen molar-refractivity contribution >= 4 is 17.3 Å². The summed E-state index contributed by atoms with van der Waals surface area (Å²) in [5.74, 6) is -0.404. The first-order valence-electron chi connectivity index (χ1n) is 5.88. The van der Waals surface area contributed by atoms with Crippen LogP contribution in [0.3, 0.4) is 0 Å². The molecule has 0 aliphatic carbocycles. The Balaban J connectivity index is 2.33. The summed E-state index contributed by atoms with van der Waals surface area (Å²) in [5.41, 5.74) is 0.652. The van der Waals surface area contributed by atoms with Gasteiger partial charge in [0.15, 0.2) is 11.4 Å². The van der Waals surface area contributed by atoms with Crippen molar-refractivity contribution in [2.24, 2.45) is 5.11 Å². The van der Waals surface area contributed by atoms with Crippen molar-refractivity contribution < 1.29 is 14.4 Å². The highest BCUT2D eigenvalue weighted by Crippen LogP contribution is 2.28. The maximum Gasteiger partial charge on any atom is 0.335 e. The van der Waals surface area contributed by atoms with Crippen molar-refractivity contribution in [1.82, 2.24) is 0 Å². The number of ether oxygens (including phenoxy) is 1. The van der Waals surface area contributed by atoms with Crippen LogP contribution in [0.2, 0.25) is 0 Å². The summed E-state index contributed by atoms with van der Waals surface area (Å²) in [5, 5.41) is 15.8. The Morgan fingerprint density at radius 3 is 2.50 bits per heavy atom. The van der Waals surface area contributed by atoms with E-state index in [2.05, 4.69) is 11.7 Å². The SMILES string of the molecule is C=CC(=O)Oc1ccccc1N=[N+]([O-])c1ccccc1. The molecule has 0 aliphatic rings. The minimum atomic E-state index is -0.607. The van der Waals surface area contributed by atoms with E-state index in [0.29, 0.717) is 10.5 Å². The fourth-order valence-corrected chi connectivity index (χ4v) is 1.49. The minimum Gasteiger partial charge on any atom is -0.594 e. The highest BCUT2D eigenvalue weighted by atomic mass is 16.5. The normalized spacial score (nSPS) is 10.9. The van der Waals surface area contributed by atoms with Gasteiger partial charge in [0, 0.05) is 23.3 Å². The lowest BCUT2D eigenvalue weighted by Crippen LogP contribution is -2.03. The van der Waals surface area contributed by atoms with E-state index in [1.54, 1.807) is 54.6 Å². The van der Waals surface area contributed by atoms with Crippen LogP contribution in [0, 0.1) is 5.21 Å². The van der Waals surface area contributed by atoms with Gasteiger partial charge in [-0.3, -0.25) is 0 Å². The molecule has 0 unspecified atom stereocenters. The Kier molecular flexibility index (Phi) is 4.24. The number of carbonyl (C=O) groups excluding carboxylic acids is 1. The van der Waals surface area contributed by atoms with Crippen molar-refractivity contribution in [3.05, 3.63) is 72.5 Å². The van der Waals surface area contributed by atoms with E-state index < -0.39 is 5.97 Å². The zero-order chi connectivity index (χ0) is 14.4. The molecule has 20 heavy (non-hydrogen) atoms. The van der Waals surface area contributed by atoms with E-state index in [0.717, 1.165) is 6.08 Å². The molecule has 0 saturated heterocycles. The zero-order valence-electron chi connectivity index (χ0n) is 10.6. The largest absolute Gasteiger partial charge is 0.594 e. The van der Waals surface area contributed by atoms with E-state index in [1.165, 1.54) is 0 Å². The molecule has 100 valence electrons. The maximum absolute atomic E-state index is 11.9. The van der Waals surface area contributed by atoms with Crippen LogP contribution in [0.25, 0.3) is 0 Å². The van der Waals surface area contributed by atoms with Gasteiger partial charge in [0.05, 0.1) is 0 Å². The summed E-state index contributed by atoms with van der Waals surface area (Å²) in [6.45, 7) is 3.32. The molecule has 2 aromatic carbocycles. The number of carbonyl (C=O) groups is 1. The first kappa shape index (κ1) is 13.5.